The Morgan fingerprint density at radius 2 is 2.07 bits per heavy atom. The molecule has 15 heavy (non-hydrogen) atoms. The van der Waals surface area contributed by atoms with Crippen LogP contribution in [0.1, 0.15) is 23.7 Å². The molecule has 1 aromatic rings. The van der Waals surface area contributed by atoms with Crippen LogP contribution in [0.15, 0.2) is 22.7 Å². The second-order valence-electron chi connectivity index (χ2n) is 3.59. The van der Waals surface area contributed by atoms with Gasteiger partial charge in [-0.3, -0.25) is 0 Å². The smallest absolute Gasteiger partial charge is 0.105 e. The second-order valence-corrected chi connectivity index (χ2v) is 4.51. The number of rotatable bonds is 4. The summed E-state index contributed by atoms with van der Waals surface area (Å²) < 4.78 is 0.962. The van der Waals surface area contributed by atoms with Gasteiger partial charge in [0.05, 0.1) is 6.10 Å². The maximum absolute atomic E-state index is 9.87. The first-order valence-electron chi connectivity index (χ1n) is 4.88. The maximum atomic E-state index is 9.87. The predicted molar refractivity (Wildman–Crippen MR) is 63.5 cm³/mol. The summed E-state index contributed by atoms with van der Waals surface area (Å²) in [4.78, 5) is 0. The SMILES string of the molecule is Cc1cc(Br)ccc1C(O)C(O)CCN. The molecule has 0 bridgehead atoms. The van der Waals surface area contributed by atoms with Crippen LogP contribution in [0.2, 0.25) is 0 Å². The Balaban J connectivity index is 2.86. The average Bonchev–Trinajstić information content (AvgIpc) is 2.17. The molecular formula is C11H16BrNO2. The number of benzene rings is 1. The third-order valence-corrected chi connectivity index (χ3v) is 2.87. The number of nitrogens with two attached hydrogens (primary N) is 1. The van der Waals surface area contributed by atoms with E-state index in [4.69, 9.17) is 5.73 Å². The summed E-state index contributed by atoms with van der Waals surface area (Å²) in [6.45, 7) is 2.27. The molecule has 0 spiro atoms. The minimum atomic E-state index is -0.860. The molecule has 0 aliphatic carbocycles. The summed E-state index contributed by atoms with van der Waals surface area (Å²) in [5.41, 5.74) is 7.03. The van der Waals surface area contributed by atoms with Crippen molar-refractivity contribution in [3.63, 3.8) is 0 Å². The summed E-state index contributed by atoms with van der Waals surface area (Å²) >= 11 is 3.35. The van der Waals surface area contributed by atoms with Crippen LogP contribution in [0.5, 0.6) is 0 Å². The van der Waals surface area contributed by atoms with Gasteiger partial charge in [-0.1, -0.05) is 22.0 Å². The van der Waals surface area contributed by atoms with Crippen LogP contribution >= 0.6 is 15.9 Å². The highest BCUT2D eigenvalue weighted by atomic mass is 79.9. The number of aliphatic hydroxyl groups is 2. The van der Waals surface area contributed by atoms with Gasteiger partial charge in [0, 0.05) is 4.47 Å². The highest BCUT2D eigenvalue weighted by molar-refractivity contribution is 9.10. The Hall–Kier alpha value is -0.420. The zero-order chi connectivity index (χ0) is 11.4. The number of hydrogen-bond donors (Lipinski definition) is 3. The molecular weight excluding hydrogens is 258 g/mol. The molecule has 1 aromatic carbocycles. The Bertz CT molecular complexity index is 330. The normalized spacial score (nSPS) is 15.0. The van der Waals surface area contributed by atoms with Crippen molar-refractivity contribution in [2.24, 2.45) is 5.73 Å². The lowest BCUT2D eigenvalue weighted by Gasteiger charge is -2.19. The molecule has 0 heterocycles. The van der Waals surface area contributed by atoms with Gasteiger partial charge < -0.3 is 15.9 Å². The molecule has 84 valence electrons. The third-order valence-electron chi connectivity index (χ3n) is 2.38. The van der Waals surface area contributed by atoms with Crippen LogP contribution < -0.4 is 5.73 Å². The van der Waals surface area contributed by atoms with E-state index in [1.165, 1.54) is 0 Å². The second kappa shape index (κ2) is 5.61. The fraction of sp³-hybridized carbons (Fsp3) is 0.455. The summed E-state index contributed by atoms with van der Waals surface area (Å²) in [5, 5.41) is 19.5. The highest BCUT2D eigenvalue weighted by Crippen LogP contribution is 2.24. The molecule has 4 N–H and O–H groups in total. The van der Waals surface area contributed by atoms with Gasteiger partial charge in [0.15, 0.2) is 0 Å². The minimum absolute atomic E-state index is 0.369. The molecule has 2 atom stereocenters. The molecule has 4 heteroatoms. The van der Waals surface area contributed by atoms with Gasteiger partial charge in [-0.15, -0.1) is 0 Å². The lowest BCUT2D eigenvalue weighted by Crippen LogP contribution is -2.22. The lowest BCUT2D eigenvalue weighted by atomic mass is 9.98. The van der Waals surface area contributed by atoms with Gasteiger partial charge >= 0.3 is 0 Å². The monoisotopic (exact) mass is 273 g/mol. The first kappa shape index (κ1) is 12.6. The van der Waals surface area contributed by atoms with Crippen LogP contribution in [-0.2, 0) is 0 Å². The fourth-order valence-corrected chi connectivity index (χ4v) is 1.98. The summed E-state index contributed by atoms with van der Waals surface area (Å²) in [6.07, 6.45) is -1.26. The van der Waals surface area contributed by atoms with Crippen molar-refractivity contribution in [2.45, 2.75) is 25.6 Å². The van der Waals surface area contributed by atoms with Crippen molar-refractivity contribution >= 4 is 15.9 Å². The lowest BCUT2D eigenvalue weighted by molar-refractivity contribution is 0.0146. The van der Waals surface area contributed by atoms with Gasteiger partial charge in [-0.05, 0) is 43.1 Å². The van der Waals surface area contributed by atoms with E-state index in [0.717, 1.165) is 15.6 Å². The zero-order valence-electron chi connectivity index (χ0n) is 8.65. The van der Waals surface area contributed by atoms with E-state index in [1.54, 1.807) is 0 Å². The van der Waals surface area contributed by atoms with Gasteiger partial charge in [-0.25, -0.2) is 0 Å². The molecule has 0 aliphatic rings. The Labute approximate surface area is 98.1 Å². The van der Waals surface area contributed by atoms with Crippen molar-refractivity contribution in [3.05, 3.63) is 33.8 Å². The first-order chi connectivity index (χ1) is 7.06. The highest BCUT2D eigenvalue weighted by Gasteiger charge is 2.19. The van der Waals surface area contributed by atoms with Crippen LogP contribution in [-0.4, -0.2) is 22.9 Å². The molecule has 0 aromatic heterocycles. The fourth-order valence-electron chi connectivity index (χ4n) is 1.51. The Morgan fingerprint density at radius 3 is 2.60 bits per heavy atom. The maximum Gasteiger partial charge on any atom is 0.105 e. The minimum Gasteiger partial charge on any atom is -0.390 e. The van der Waals surface area contributed by atoms with E-state index in [-0.39, 0.29) is 0 Å². The summed E-state index contributed by atoms with van der Waals surface area (Å²) in [6, 6.07) is 5.57. The molecule has 2 unspecified atom stereocenters. The van der Waals surface area contributed by atoms with Crippen LogP contribution in [0.3, 0.4) is 0 Å². The van der Waals surface area contributed by atoms with Crippen molar-refractivity contribution in [2.75, 3.05) is 6.54 Å². The molecule has 0 radical (unpaired) electrons. The molecule has 1 rings (SSSR count). The van der Waals surface area contributed by atoms with Crippen LogP contribution in [0.25, 0.3) is 0 Å². The third kappa shape index (κ3) is 3.28. The van der Waals surface area contributed by atoms with E-state index >= 15 is 0 Å². The Morgan fingerprint density at radius 1 is 1.40 bits per heavy atom. The Kier molecular flexibility index (Phi) is 4.73. The van der Waals surface area contributed by atoms with Gasteiger partial charge in [0.1, 0.15) is 6.10 Å². The van der Waals surface area contributed by atoms with Crippen molar-refractivity contribution in [1.82, 2.24) is 0 Å². The van der Waals surface area contributed by atoms with E-state index in [0.29, 0.717) is 13.0 Å². The molecule has 0 aliphatic heterocycles. The number of aryl methyl sites for hydroxylation is 1. The number of hydrogen-bond acceptors (Lipinski definition) is 3. The molecule has 0 amide bonds. The van der Waals surface area contributed by atoms with Gasteiger partial charge in [-0.2, -0.15) is 0 Å². The molecule has 3 nitrogen and oxygen atoms in total. The molecule has 0 saturated carbocycles. The van der Waals surface area contributed by atoms with Crippen LogP contribution in [0, 0.1) is 6.92 Å². The van der Waals surface area contributed by atoms with Crippen LogP contribution in [0.4, 0.5) is 0 Å². The van der Waals surface area contributed by atoms with E-state index in [9.17, 15) is 10.2 Å². The van der Waals surface area contributed by atoms with Crippen molar-refractivity contribution in [1.29, 1.82) is 0 Å². The standard InChI is InChI=1S/C11H16BrNO2/c1-7-6-8(12)2-3-9(7)11(15)10(14)4-5-13/h2-3,6,10-11,14-15H,4-5,13H2,1H3. The van der Waals surface area contributed by atoms with Gasteiger partial charge in [0.2, 0.25) is 0 Å². The van der Waals surface area contributed by atoms with Crippen molar-refractivity contribution < 1.29 is 10.2 Å². The van der Waals surface area contributed by atoms with Crippen molar-refractivity contribution in [3.8, 4) is 0 Å². The van der Waals surface area contributed by atoms with E-state index in [1.807, 2.05) is 25.1 Å². The molecule has 0 saturated heterocycles. The van der Waals surface area contributed by atoms with E-state index in [2.05, 4.69) is 15.9 Å². The predicted octanol–water partition coefficient (Wildman–Crippen LogP) is 1.50. The summed E-state index contributed by atoms with van der Waals surface area (Å²) in [5.74, 6) is 0. The topological polar surface area (TPSA) is 66.5 Å². The largest absolute Gasteiger partial charge is 0.390 e. The quantitative estimate of drug-likeness (QED) is 0.779. The number of halogens is 1. The summed E-state index contributed by atoms with van der Waals surface area (Å²) in [7, 11) is 0. The first-order valence-corrected chi connectivity index (χ1v) is 5.67. The number of aliphatic hydroxyl groups excluding tert-OH is 2. The average molecular weight is 274 g/mol. The van der Waals surface area contributed by atoms with Gasteiger partial charge in [0.25, 0.3) is 0 Å². The van der Waals surface area contributed by atoms with E-state index < -0.39 is 12.2 Å². The molecule has 0 fully saturated rings. The zero-order valence-corrected chi connectivity index (χ0v) is 10.2.